The monoisotopic (exact) mass is 359 g/mol. The highest BCUT2D eigenvalue weighted by Gasteiger charge is 2.22. The molecule has 4 nitrogen and oxygen atoms in total. The molecule has 1 fully saturated rings. The average Bonchev–Trinajstić information content (AvgIpc) is 2.39. The van der Waals surface area contributed by atoms with Crippen LogP contribution in [0.1, 0.15) is 6.92 Å². The third-order valence-corrected chi connectivity index (χ3v) is 3.84. The first-order valence-corrected chi connectivity index (χ1v) is 7.26. The van der Waals surface area contributed by atoms with E-state index in [-0.39, 0.29) is 11.9 Å². The topological polar surface area (TPSA) is 44.4 Å². The number of hydrogen-bond donors (Lipinski definition) is 2. The van der Waals surface area contributed by atoms with Crippen molar-refractivity contribution in [2.75, 3.05) is 31.5 Å². The summed E-state index contributed by atoms with van der Waals surface area (Å²) in [5.74, 6) is 0.0684. The molecule has 1 atom stereocenters. The zero-order valence-electron chi connectivity index (χ0n) is 10.4. The molecule has 0 spiro atoms. The molecule has 2 rings (SSSR count). The SMILES string of the molecule is CC(C(=O)Nc1cccc(I)c1)N1CCNCC1. The largest absolute Gasteiger partial charge is 0.325 e. The number of carbonyl (C=O) groups excluding carboxylic acids is 1. The summed E-state index contributed by atoms with van der Waals surface area (Å²) >= 11 is 2.24. The fourth-order valence-corrected chi connectivity index (χ4v) is 2.59. The van der Waals surface area contributed by atoms with E-state index in [0.717, 1.165) is 35.4 Å². The van der Waals surface area contributed by atoms with Gasteiger partial charge < -0.3 is 10.6 Å². The Morgan fingerprint density at radius 1 is 1.44 bits per heavy atom. The summed E-state index contributed by atoms with van der Waals surface area (Å²) in [6.07, 6.45) is 0. The van der Waals surface area contributed by atoms with E-state index in [0.29, 0.717) is 0 Å². The van der Waals surface area contributed by atoms with Crippen molar-refractivity contribution in [2.45, 2.75) is 13.0 Å². The summed E-state index contributed by atoms with van der Waals surface area (Å²) in [4.78, 5) is 14.4. The molecular weight excluding hydrogens is 341 g/mol. The van der Waals surface area contributed by atoms with Crippen LogP contribution in [0.15, 0.2) is 24.3 Å². The van der Waals surface area contributed by atoms with Gasteiger partial charge >= 0.3 is 0 Å². The number of carbonyl (C=O) groups is 1. The number of nitrogens with one attached hydrogen (secondary N) is 2. The Kier molecular flexibility index (Phi) is 4.96. The normalized spacial score (nSPS) is 18.3. The Morgan fingerprint density at radius 3 is 2.83 bits per heavy atom. The van der Waals surface area contributed by atoms with Crippen LogP contribution in [0.2, 0.25) is 0 Å². The maximum atomic E-state index is 12.1. The second-order valence-electron chi connectivity index (χ2n) is 4.46. The van der Waals surface area contributed by atoms with Gasteiger partial charge in [-0.3, -0.25) is 9.69 Å². The van der Waals surface area contributed by atoms with E-state index < -0.39 is 0 Å². The van der Waals surface area contributed by atoms with Crippen LogP contribution < -0.4 is 10.6 Å². The van der Waals surface area contributed by atoms with E-state index in [2.05, 4.69) is 38.1 Å². The number of anilines is 1. The molecule has 1 amide bonds. The molecule has 1 unspecified atom stereocenters. The average molecular weight is 359 g/mol. The molecule has 1 aliphatic heterocycles. The lowest BCUT2D eigenvalue weighted by Crippen LogP contribution is -2.51. The van der Waals surface area contributed by atoms with Crippen molar-refractivity contribution in [3.05, 3.63) is 27.8 Å². The van der Waals surface area contributed by atoms with Crippen LogP contribution in [0, 0.1) is 3.57 Å². The van der Waals surface area contributed by atoms with Crippen molar-refractivity contribution >= 4 is 34.2 Å². The first kappa shape index (κ1) is 13.8. The summed E-state index contributed by atoms with van der Waals surface area (Å²) in [5, 5.41) is 6.27. The molecule has 1 heterocycles. The molecule has 0 bridgehead atoms. The van der Waals surface area contributed by atoms with E-state index in [1.54, 1.807) is 0 Å². The first-order valence-electron chi connectivity index (χ1n) is 6.18. The molecule has 0 saturated carbocycles. The molecule has 0 aromatic heterocycles. The third kappa shape index (κ3) is 3.66. The van der Waals surface area contributed by atoms with Crippen molar-refractivity contribution < 1.29 is 4.79 Å². The number of nitrogens with zero attached hydrogens (tertiary/aromatic N) is 1. The molecule has 0 radical (unpaired) electrons. The van der Waals surface area contributed by atoms with Gasteiger partial charge in [-0.2, -0.15) is 0 Å². The first-order chi connectivity index (χ1) is 8.66. The highest BCUT2D eigenvalue weighted by molar-refractivity contribution is 14.1. The molecule has 1 aromatic rings. The fourth-order valence-electron chi connectivity index (χ4n) is 2.05. The second-order valence-corrected chi connectivity index (χ2v) is 5.71. The van der Waals surface area contributed by atoms with Gasteiger partial charge in [0.05, 0.1) is 6.04 Å². The number of amides is 1. The fraction of sp³-hybridized carbons (Fsp3) is 0.462. The lowest BCUT2D eigenvalue weighted by Gasteiger charge is -2.31. The van der Waals surface area contributed by atoms with Crippen LogP contribution in [0.3, 0.4) is 0 Å². The predicted molar refractivity (Wildman–Crippen MR) is 81.7 cm³/mol. The van der Waals surface area contributed by atoms with Crippen LogP contribution in [-0.4, -0.2) is 43.0 Å². The van der Waals surface area contributed by atoms with Gasteiger partial charge in [0, 0.05) is 35.4 Å². The van der Waals surface area contributed by atoms with Gasteiger partial charge in [0.1, 0.15) is 0 Å². The van der Waals surface area contributed by atoms with Crippen LogP contribution in [0.5, 0.6) is 0 Å². The van der Waals surface area contributed by atoms with Crippen molar-refractivity contribution in [1.29, 1.82) is 0 Å². The zero-order valence-corrected chi connectivity index (χ0v) is 12.6. The van der Waals surface area contributed by atoms with Crippen molar-refractivity contribution in [3.8, 4) is 0 Å². The van der Waals surface area contributed by atoms with Crippen molar-refractivity contribution in [2.24, 2.45) is 0 Å². The maximum Gasteiger partial charge on any atom is 0.241 e. The predicted octanol–water partition coefficient (Wildman–Crippen LogP) is 1.52. The van der Waals surface area contributed by atoms with Gasteiger partial charge in [-0.05, 0) is 47.7 Å². The lowest BCUT2D eigenvalue weighted by molar-refractivity contribution is -0.120. The van der Waals surface area contributed by atoms with Gasteiger partial charge in [-0.1, -0.05) is 6.07 Å². The summed E-state index contributed by atoms with van der Waals surface area (Å²) < 4.78 is 1.13. The van der Waals surface area contributed by atoms with Crippen LogP contribution in [0.4, 0.5) is 5.69 Å². The van der Waals surface area contributed by atoms with Gasteiger partial charge in [0.15, 0.2) is 0 Å². The standard InChI is InChI=1S/C13H18IN3O/c1-10(17-7-5-15-6-8-17)13(18)16-12-4-2-3-11(14)9-12/h2-4,9-10,15H,5-8H2,1H3,(H,16,18). The minimum atomic E-state index is -0.0787. The molecule has 1 aromatic carbocycles. The van der Waals surface area contributed by atoms with Gasteiger partial charge in [0.2, 0.25) is 5.91 Å². The van der Waals surface area contributed by atoms with Gasteiger partial charge in [-0.25, -0.2) is 0 Å². The van der Waals surface area contributed by atoms with Gasteiger partial charge in [0.25, 0.3) is 0 Å². The maximum absolute atomic E-state index is 12.1. The zero-order chi connectivity index (χ0) is 13.0. The van der Waals surface area contributed by atoms with E-state index in [1.807, 2.05) is 31.2 Å². The quantitative estimate of drug-likeness (QED) is 0.805. The number of rotatable bonds is 3. The highest BCUT2D eigenvalue weighted by atomic mass is 127. The molecule has 5 heteroatoms. The Bertz CT molecular complexity index is 418. The Hall–Kier alpha value is -0.660. The summed E-state index contributed by atoms with van der Waals surface area (Å²) in [6.45, 7) is 5.75. The lowest BCUT2D eigenvalue weighted by atomic mass is 10.2. The molecule has 98 valence electrons. The number of benzene rings is 1. The molecule has 1 aliphatic rings. The summed E-state index contributed by atoms with van der Waals surface area (Å²) in [6, 6.07) is 7.78. The van der Waals surface area contributed by atoms with Crippen molar-refractivity contribution in [1.82, 2.24) is 10.2 Å². The van der Waals surface area contributed by atoms with Gasteiger partial charge in [-0.15, -0.1) is 0 Å². The molecule has 1 saturated heterocycles. The van der Waals surface area contributed by atoms with Crippen molar-refractivity contribution in [3.63, 3.8) is 0 Å². The Labute approximate surface area is 121 Å². The van der Waals surface area contributed by atoms with E-state index in [1.165, 1.54) is 0 Å². The van der Waals surface area contributed by atoms with E-state index in [9.17, 15) is 4.79 Å². The van der Waals surface area contributed by atoms with Crippen LogP contribution in [0.25, 0.3) is 0 Å². The van der Waals surface area contributed by atoms with E-state index in [4.69, 9.17) is 0 Å². The van der Waals surface area contributed by atoms with E-state index >= 15 is 0 Å². The Balaban J connectivity index is 1.94. The minimum absolute atomic E-state index is 0.0684. The molecule has 18 heavy (non-hydrogen) atoms. The number of hydrogen-bond acceptors (Lipinski definition) is 3. The molecule has 0 aliphatic carbocycles. The molecular formula is C13H18IN3O. The number of halogens is 1. The van der Waals surface area contributed by atoms with Crippen LogP contribution >= 0.6 is 22.6 Å². The summed E-state index contributed by atoms with van der Waals surface area (Å²) in [7, 11) is 0. The highest BCUT2D eigenvalue weighted by Crippen LogP contribution is 2.13. The minimum Gasteiger partial charge on any atom is -0.325 e. The second kappa shape index (κ2) is 6.49. The molecule has 2 N–H and O–H groups in total. The van der Waals surface area contributed by atoms with Crippen LogP contribution in [-0.2, 0) is 4.79 Å². The third-order valence-electron chi connectivity index (χ3n) is 3.17. The number of piperazine rings is 1. The smallest absolute Gasteiger partial charge is 0.241 e. The Morgan fingerprint density at radius 2 is 2.17 bits per heavy atom. The summed E-state index contributed by atoms with van der Waals surface area (Å²) in [5.41, 5.74) is 0.869.